The van der Waals surface area contributed by atoms with Crippen LogP contribution in [0.15, 0.2) is 0 Å². The molecular weight excluding hydrogens is 122 g/mol. The second kappa shape index (κ2) is 2.62. The molecule has 0 aromatic heterocycles. The molecule has 1 saturated carbocycles. The van der Waals surface area contributed by atoms with Gasteiger partial charge in [-0.2, -0.15) is 5.26 Å². The molecule has 0 amide bonds. The molecule has 0 N–H and O–H groups in total. The van der Waals surface area contributed by atoms with Gasteiger partial charge in [0.05, 0.1) is 11.5 Å². The minimum Gasteiger partial charge on any atom is -0.198 e. The Bertz CT molecular complexity index is 147. The first kappa shape index (κ1) is 7.60. The Morgan fingerprint density at radius 2 is 1.90 bits per heavy atom. The zero-order valence-electron chi connectivity index (χ0n) is 6.85. The number of rotatable bonds is 0. The summed E-state index contributed by atoms with van der Waals surface area (Å²) in [6.07, 6.45) is 4.68. The lowest BCUT2D eigenvalue weighted by molar-refractivity contribution is 0.241. The summed E-state index contributed by atoms with van der Waals surface area (Å²) in [5.41, 5.74) is 0.00646. The van der Waals surface area contributed by atoms with E-state index < -0.39 is 0 Å². The molecule has 1 nitrogen and oxygen atoms in total. The van der Waals surface area contributed by atoms with E-state index in [1.165, 1.54) is 12.8 Å². The van der Waals surface area contributed by atoms with Crippen LogP contribution in [0.4, 0.5) is 0 Å². The van der Waals surface area contributed by atoms with E-state index >= 15 is 0 Å². The van der Waals surface area contributed by atoms with E-state index in [4.69, 9.17) is 5.26 Å². The number of hydrogen-bond acceptors (Lipinski definition) is 1. The maximum Gasteiger partial charge on any atom is 0.0686 e. The molecule has 0 aliphatic heterocycles. The topological polar surface area (TPSA) is 23.8 Å². The van der Waals surface area contributed by atoms with Gasteiger partial charge in [0.15, 0.2) is 0 Å². The molecule has 1 heteroatoms. The van der Waals surface area contributed by atoms with E-state index in [1.807, 2.05) is 0 Å². The van der Waals surface area contributed by atoms with Gasteiger partial charge >= 0.3 is 0 Å². The van der Waals surface area contributed by atoms with Gasteiger partial charge < -0.3 is 0 Å². The molecule has 1 rings (SSSR count). The molecule has 0 unspecified atom stereocenters. The van der Waals surface area contributed by atoms with Gasteiger partial charge in [-0.3, -0.25) is 0 Å². The van der Waals surface area contributed by atoms with Crippen LogP contribution in [0.3, 0.4) is 0 Å². The molecule has 0 spiro atoms. The molecule has 0 saturated heterocycles. The van der Waals surface area contributed by atoms with Crippen LogP contribution in [0.1, 0.15) is 39.5 Å². The summed E-state index contributed by atoms with van der Waals surface area (Å²) in [7, 11) is 0. The molecule has 1 aliphatic rings. The van der Waals surface area contributed by atoms with E-state index in [1.54, 1.807) is 0 Å². The lowest BCUT2D eigenvalue weighted by atomic mass is 9.73. The van der Waals surface area contributed by atoms with Crippen LogP contribution < -0.4 is 0 Å². The van der Waals surface area contributed by atoms with Crippen LogP contribution >= 0.6 is 0 Å². The predicted octanol–water partition coefficient (Wildman–Crippen LogP) is 2.73. The van der Waals surface area contributed by atoms with E-state index in [0.29, 0.717) is 0 Å². The Morgan fingerprint density at radius 1 is 1.40 bits per heavy atom. The second-order valence-corrected chi connectivity index (χ2v) is 3.85. The van der Waals surface area contributed by atoms with E-state index in [0.717, 1.165) is 18.8 Å². The fourth-order valence-electron chi connectivity index (χ4n) is 1.51. The zero-order valence-corrected chi connectivity index (χ0v) is 6.85. The summed E-state index contributed by atoms with van der Waals surface area (Å²) in [6.45, 7) is 4.36. The Morgan fingerprint density at radius 3 is 2.30 bits per heavy atom. The molecule has 0 aromatic carbocycles. The SMILES string of the molecule is CC1CCC(C)(C#N)CC1. The van der Waals surface area contributed by atoms with E-state index in [-0.39, 0.29) is 5.41 Å². The van der Waals surface area contributed by atoms with Crippen molar-refractivity contribution in [1.29, 1.82) is 5.26 Å². The molecule has 1 fully saturated rings. The first-order valence-corrected chi connectivity index (χ1v) is 4.07. The van der Waals surface area contributed by atoms with Gasteiger partial charge in [-0.05, 0) is 38.5 Å². The average molecular weight is 137 g/mol. The van der Waals surface area contributed by atoms with Crippen molar-refractivity contribution >= 4 is 0 Å². The van der Waals surface area contributed by atoms with Gasteiger partial charge in [0.25, 0.3) is 0 Å². The number of hydrogen-bond donors (Lipinski definition) is 0. The summed E-state index contributed by atoms with van der Waals surface area (Å²) in [4.78, 5) is 0. The Balaban J connectivity index is 2.48. The van der Waals surface area contributed by atoms with Crippen LogP contribution in [-0.2, 0) is 0 Å². The van der Waals surface area contributed by atoms with Crippen LogP contribution in [0.5, 0.6) is 0 Å². The summed E-state index contributed by atoms with van der Waals surface area (Å²) in [5, 5.41) is 8.79. The summed E-state index contributed by atoms with van der Waals surface area (Å²) < 4.78 is 0. The number of nitriles is 1. The predicted molar refractivity (Wildman–Crippen MR) is 41.4 cm³/mol. The Hall–Kier alpha value is -0.510. The maximum absolute atomic E-state index is 8.79. The van der Waals surface area contributed by atoms with Crippen molar-refractivity contribution in [2.45, 2.75) is 39.5 Å². The first-order valence-electron chi connectivity index (χ1n) is 4.07. The molecule has 0 atom stereocenters. The van der Waals surface area contributed by atoms with Gasteiger partial charge in [0, 0.05) is 0 Å². The van der Waals surface area contributed by atoms with Gasteiger partial charge in [0.2, 0.25) is 0 Å². The fourth-order valence-corrected chi connectivity index (χ4v) is 1.51. The Kier molecular flexibility index (Phi) is 1.99. The smallest absolute Gasteiger partial charge is 0.0686 e. The fraction of sp³-hybridized carbons (Fsp3) is 0.889. The zero-order chi connectivity index (χ0) is 7.61. The minimum atomic E-state index is 0.00646. The van der Waals surface area contributed by atoms with Crippen molar-refractivity contribution in [3.8, 4) is 6.07 Å². The summed E-state index contributed by atoms with van der Waals surface area (Å²) in [6, 6.07) is 2.40. The quantitative estimate of drug-likeness (QED) is 0.503. The molecule has 0 bridgehead atoms. The molecule has 56 valence electrons. The first-order chi connectivity index (χ1) is 4.66. The number of nitrogens with zero attached hydrogens (tertiary/aromatic N) is 1. The standard InChI is InChI=1S/C9H15N/c1-8-3-5-9(2,7-10)6-4-8/h8H,3-6H2,1-2H3. The van der Waals surface area contributed by atoms with Gasteiger partial charge in [-0.15, -0.1) is 0 Å². The minimum absolute atomic E-state index is 0.00646. The average Bonchev–Trinajstić information content (AvgIpc) is 1.96. The highest BCUT2D eigenvalue weighted by Crippen LogP contribution is 2.37. The molecule has 1 aliphatic carbocycles. The third kappa shape index (κ3) is 1.50. The van der Waals surface area contributed by atoms with Crippen molar-refractivity contribution < 1.29 is 0 Å². The van der Waals surface area contributed by atoms with Crippen molar-refractivity contribution in [2.24, 2.45) is 11.3 Å². The lowest BCUT2D eigenvalue weighted by Gasteiger charge is -2.29. The molecular formula is C9H15N. The molecule has 0 radical (unpaired) electrons. The summed E-state index contributed by atoms with van der Waals surface area (Å²) >= 11 is 0. The molecule has 10 heavy (non-hydrogen) atoms. The largest absolute Gasteiger partial charge is 0.198 e. The van der Waals surface area contributed by atoms with Gasteiger partial charge in [0.1, 0.15) is 0 Å². The maximum atomic E-state index is 8.79. The highest BCUT2D eigenvalue weighted by molar-refractivity contribution is 4.97. The molecule has 0 heterocycles. The monoisotopic (exact) mass is 137 g/mol. The van der Waals surface area contributed by atoms with Crippen molar-refractivity contribution in [2.75, 3.05) is 0 Å². The second-order valence-electron chi connectivity index (χ2n) is 3.85. The van der Waals surface area contributed by atoms with Crippen LogP contribution in [0, 0.1) is 22.7 Å². The van der Waals surface area contributed by atoms with Crippen LogP contribution in [0.25, 0.3) is 0 Å². The van der Waals surface area contributed by atoms with Crippen molar-refractivity contribution in [3.05, 3.63) is 0 Å². The van der Waals surface area contributed by atoms with Crippen molar-refractivity contribution in [3.63, 3.8) is 0 Å². The van der Waals surface area contributed by atoms with Gasteiger partial charge in [-0.1, -0.05) is 6.92 Å². The van der Waals surface area contributed by atoms with Crippen molar-refractivity contribution in [1.82, 2.24) is 0 Å². The van der Waals surface area contributed by atoms with E-state index in [2.05, 4.69) is 19.9 Å². The Labute approximate surface area is 63.0 Å². The summed E-state index contributed by atoms with van der Waals surface area (Å²) in [5.74, 6) is 0.849. The highest BCUT2D eigenvalue weighted by Gasteiger charge is 2.28. The van der Waals surface area contributed by atoms with Crippen LogP contribution in [0.2, 0.25) is 0 Å². The van der Waals surface area contributed by atoms with Crippen LogP contribution in [-0.4, -0.2) is 0 Å². The third-order valence-corrected chi connectivity index (χ3v) is 2.65. The normalized spacial score (nSPS) is 40.7. The highest BCUT2D eigenvalue weighted by atomic mass is 14.4. The lowest BCUT2D eigenvalue weighted by Crippen LogP contribution is -2.21. The van der Waals surface area contributed by atoms with E-state index in [9.17, 15) is 0 Å². The molecule has 0 aromatic rings. The van der Waals surface area contributed by atoms with Gasteiger partial charge in [-0.25, -0.2) is 0 Å². The third-order valence-electron chi connectivity index (χ3n) is 2.65.